The Morgan fingerprint density at radius 1 is 0.714 bits per heavy atom. The maximum Gasteiger partial charge on any atom is 0.265 e. The third-order valence-corrected chi connectivity index (χ3v) is 2.73. The lowest BCUT2D eigenvalue weighted by atomic mass is 10.2. The molecule has 2 amide bonds. The monoisotopic (exact) mass is 286 g/mol. The molecule has 0 atom stereocenters. The molecule has 0 fully saturated rings. The van der Waals surface area contributed by atoms with Gasteiger partial charge in [-0.15, -0.1) is 0 Å². The average Bonchev–Trinajstić information content (AvgIpc) is 2.55. The molecule has 2 rings (SSSR count). The molecule has 0 bridgehead atoms. The molecule has 2 aromatic rings. The van der Waals surface area contributed by atoms with Crippen LogP contribution in [0.1, 0.15) is 20.7 Å². The van der Waals surface area contributed by atoms with E-state index < -0.39 is 0 Å². The summed E-state index contributed by atoms with van der Waals surface area (Å²) in [6.45, 7) is 0. The van der Waals surface area contributed by atoms with Gasteiger partial charge in [-0.1, -0.05) is 0 Å². The summed E-state index contributed by atoms with van der Waals surface area (Å²) in [4.78, 5) is 22.6. The van der Waals surface area contributed by atoms with Gasteiger partial charge < -0.3 is 4.74 Å². The predicted molar refractivity (Wildman–Crippen MR) is 76.3 cm³/mol. The first-order valence-corrected chi connectivity index (χ1v) is 6.04. The summed E-state index contributed by atoms with van der Waals surface area (Å²) in [5, 5.41) is 0. The number of nitrogen functional groups attached to an aromatic ring is 2. The van der Waals surface area contributed by atoms with Crippen molar-refractivity contribution >= 4 is 11.8 Å². The van der Waals surface area contributed by atoms with E-state index in [9.17, 15) is 9.59 Å². The summed E-state index contributed by atoms with van der Waals surface area (Å²) in [5.74, 6) is 10.4. The van der Waals surface area contributed by atoms with Crippen molar-refractivity contribution in [2.75, 3.05) is 0 Å². The standard InChI is InChI=1S/C14H14N4O3/c15-17-13(19)9-1-5-11(6-2-9)21-12-7-3-10(4-8-12)14(20)18-16/h1-8H,15-16H2,(H,17,19)(H,18,20). The topological polar surface area (TPSA) is 119 Å². The molecule has 0 unspecified atom stereocenters. The van der Waals surface area contributed by atoms with Crippen LogP contribution in [0, 0.1) is 0 Å². The van der Waals surface area contributed by atoms with Crippen LogP contribution < -0.4 is 27.3 Å². The molecule has 2 aromatic carbocycles. The fourth-order valence-electron chi connectivity index (χ4n) is 1.65. The summed E-state index contributed by atoms with van der Waals surface area (Å²) in [5.41, 5.74) is 4.95. The van der Waals surface area contributed by atoms with E-state index in [0.29, 0.717) is 22.6 Å². The Morgan fingerprint density at radius 2 is 1.05 bits per heavy atom. The van der Waals surface area contributed by atoms with Crippen LogP contribution >= 0.6 is 0 Å². The highest BCUT2D eigenvalue weighted by Crippen LogP contribution is 2.22. The van der Waals surface area contributed by atoms with E-state index in [1.807, 2.05) is 10.9 Å². The summed E-state index contributed by atoms with van der Waals surface area (Å²) in [7, 11) is 0. The van der Waals surface area contributed by atoms with Gasteiger partial charge in [0, 0.05) is 11.1 Å². The van der Waals surface area contributed by atoms with Gasteiger partial charge in [0.25, 0.3) is 11.8 Å². The van der Waals surface area contributed by atoms with Crippen molar-refractivity contribution in [1.29, 1.82) is 0 Å². The SMILES string of the molecule is NNC(=O)c1ccc(Oc2ccc(C(=O)NN)cc2)cc1. The Balaban J connectivity index is 2.08. The molecular weight excluding hydrogens is 272 g/mol. The normalized spacial score (nSPS) is 9.81. The van der Waals surface area contributed by atoms with Crippen LogP contribution in [0.5, 0.6) is 11.5 Å². The largest absolute Gasteiger partial charge is 0.457 e. The molecular formula is C14H14N4O3. The molecule has 0 spiro atoms. The van der Waals surface area contributed by atoms with Gasteiger partial charge >= 0.3 is 0 Å². The predicted octanol–water partition coefficient (Wildman–Crippen LogP) is 0.686. The fourth-order valence-corrected chi connectivity index (χ4v) is 1.65. The molecule has 21 heavy (non-hydrogen) atoms. The van der Waals surface area contributed by atoms with E-state index >= 15 is 0 Å². The van der Waals surface area contributed by atoms with Crippen LogP contribution in [-0.2, 0) is 0 Å². The first-order valence-electron chi connectivity index (χ1n) is 6.04. The van der Waals surface area contributed by atoms with Gasteiger partial charge in [-0.2, -0.15) is 0 Å². The number of benzene rings is 2. The number of hydrazine groups is 2. The Labute approximate surface area is 120 Å². The van der Waals surface area contributed by atoms with Crippen LogP contribution in [0.4, 0.5) is 0 Å². The van der Waals surface area contributed by atoms with E-state index in [1.54, 1.807) is 48.5 Å². The minimum atomic E-state index is -0.376. The molecule has 108 valence electrons. The summed E-state index contributed by atoms with van der Waals surface area (Å²) in [6.07, 6.45) is 0. The zero-order chi connectivity index (χ0) is 15.2. The van der Waals surface area contributed by atoms with E-state index in [4.69, 9.17) is 16.4 Å². The van der Waals surface area contributed by atoms with E-state index in [2.05, 4.69) is 0 Å². The lowest BCUT2D eigenvalue weighted by Gasteiger charge is -2.07. The van der Waals surface area contributed by atoms with Gasteiger partial charge in [-0.25, -0.2) is 11.7 Å². The van der Waals surface area contributed by atoms with Gasteiger partial charge in [-0.05, 0) is 48.5 Å². The Morgan fingerprint density at radius 3 is 1.33 bits per heavy atom. The number of ether oxygens (including phenoxy) is 1. The van der Waals surface area contributed by atoms with Crippen LogP contribution in [0.2, 0.25) is 0 Å². The van der Waals surface area contributed by atoms with Crippen molar-refractivity contribution in [3.8, 4) is 11.5 Å². The maximum atomic E-state index is 11.3. The molecule has 0 radical (unpaired) electrons. The van der Waals surface area contributed by atoms with Crippen molar-refractivity contribution in [2.45, 2.75) is 0 Å². The van der Waals surface area contributed by atoms with Crippen molar-refractivity contribution in [3.63, 3.8) is 0 Å². The second-order valence-corrected chi connectivity index (χ2v) is 4.10. The smallest absolute Gasteiger partial charge is 0.265 e. The minimum Gasteiger partial charge on any atom is -0.457 e. The zero-order valence-electron chi connectivity index (χ0n) is 11.0. The second kappa shape index (κ2) is 6.51. The van der Waals surface area contributed by atoms with Crippen molar-refractivity contribution < 1.29 is 14.3 Å². The minimum absolute atomic E-state index is 0.376. The van der Waals surface area contributed by atoms with Crippen molar-refractivity contribution in [1.82, 2.24) is 10.9 Å². The maximum absolute atomic E-state index is 11.3. The van der Waals surface area contributed by atoms with Crippen LogP contribution in [-0.4, -0.2) is 11.8 Å². The van der Waals surface area contributed by atoms with Gasteiger partial charge in [0.15, 0.2) is 0 Å². The highest BCUT2D eigenvalue weighted by Gasteiger charge is 2.05. The van der Waals surface area contributed by atoms with Crippen molar-refractivity contribution in [2.24, 2.45) is 11.7 Å². The molecule has 0 aromatic heterocycles. The zero-order valence-corrected chi connectivity index (χ0v) is 11.0. The number of nitrogens with two attached hydrogens (primary N) is 2. The van der Waals surface area contributed by atoms with E-state index in [1.165, 1.54) is 0 Å². The quantitative estimate of drug-likeness (QED) is 0.374. The molecule has 6 N–H and O–H groups in total. The number of hydrogen-bond donors (Lipinski definition) is 4. The molecule has 7 nitrogen and oxygen atoms in total. The van der Waals surface area contributed by atoms with Gasteiger partial charge in [0.2, 0.25) is 0 Å². The first kappa shape index (κ1) is 14.5. The Kier molecular flexibility index (Phi) is 4.50. The van der Waals surface area contributed by atoms with E-state index in [-0.39, 0.29) is 11.8 Å². The Bertz CT molecular complexity index is 581. The second-order valence-electron chi connectivity index (χ2n) is 4.10. The molecule has 0 saturated heterocycles. The van der Waals surface area contributed by atoms with Crippen LogP contribution in [0.3, 0.4) is 0 Å². The van der Waals surface area contributed by atoms with Crippen LogP contribution in [0.15, 0.2) is 48.5 Å². The summed E-state index contributed by atoms with van der Waals surface area (Å²) < 4.78 is 5.59. The Hall–Kier alpha value is -2.90. The number of rotatable bonds is 4. The molecule has 0 heterocycles. The average molecular weight is 286 g/mol. The first-order chi connectivity index (χ1) is 10.1. The lowest BCUT2D eigenvalue weighted by molar-refractivity contribution is 0.0945. The molecule has 0 aliphatic carbocycles. The highest BCUT2D eigenvalue weighted by atomic mass is 16.5. The summed E-state index contributed by atoms with van der Waals surface area (Å²) in [6, 6.07) is 12.9. The van der Waals surface area contributed by atoms with E-state index in [0.717, 1.165) is 0 Å². The highest BCUT2D eigenvalue weighted by molar-refractivity contribution is 5.94. The molecule has 7 heteroatoms. The van der Waals surface area contributed by atoms with Gasteiger partial charge in [0.05, 0.1) is 0 Å². The molecule has 0 aliphatic heterocycles. The number of carbonyl (C=O) groups excluding carboxylic acids is 2. The third kappa shape index (κ3) is 3.56. The number of carbonyl (C=O) groups is 2. The lowest BCUT2D eigenvalue weighted by Crippen LogP contribution is -2.29. The number of hydrogen-bond acceptors (Lipinski definition) is 5. The third-order valence-electron chi connectivity index (χ3n) is 2.73. The van der Waals surface area contributed by atoms with Gasteiger partial charge in [-0.3, -0.25) is 20.4 Å². The molecule has 0 aliphatic rings. The van der Waals surface area contributed by atoms with Crippen molar-refractivity contribution in [3.05, 3.63) is 59.7 Å². The number of nitrogens with one attached hydrogen (secondary N) is 2. The van der Waals surface area contributed by atoms with Gasteiger partial charge in [0.1, 0.15) is 11.5 Å². The summed E-state index contributed by atoms with van der Waals surface area (Å²) >= 11 is 0. The van der Waals surface area contributed by atoms with Crippen LogP contribution in [0.25, 0.3) is 0 Å². The fraction of sp³-hybridized carbons (Fsp3) is 0. The molecule has 0 saturated carbocycles. The number of amides is 2.